The van der Waals surface area contributed by atoms with E-state index in [0.717, 1.165) is 24.7 Å². The Balaban J connectivity index is 3.02. The summed E-state index contributed by atoms with van der Waals surface area (Å²) >= 11 is 0. The van der Waals surface area contributed by atoms with Gasteiger partial charge < -0.3 is 4.79 Å². The molecule has 0 fully saturated rings. The zero-order valence-electron chi connectivity index (χ0n) is 8.76. The summed E-state index contributed by atoms with van der Waals surface area (Å²) < 4.78 is 0. The van der Waals surface area contributed by atoms with Crippen molar-refractivity contribution in [1.82, 2.24) is 0 Å². The van der Waals surface area contributed by atoms with Gasteiger partial charge in [-0.3, -0.25) is 0 Å². The molecule has 72 valence electrons. The SMILES string of the molecule is C=C1CC(C)(C)C(CC)=CC1C=O. The Bertz CT molecular complexity index is 258. The second kappa shape index (κ2) is 3.49. The van der Waals surface area contributed by atoms with Gasteiger partial charge in [0.2, 0.25) is 0 Å². The Labute approximate surface area is 80.5 Å². The Morgan fingerprint density at radius 1 is 1.69 bits per heavy atom. The average Bonchev–Trinajstić information content (AvgIpc) is 2.03. The minimum Gasteiger partial charge on any atom is -0.302 e. The number of allylic oxidation sites excluding steroid dienone is 3. The van der Waals surface area contributed by atoms with E-state index in [4.69, 9.17) is 0 Å². The van der Waals surface area contributed by atoms with E-state index in [9.17, 15) is 4.79 Å². The zero-order valence-corrected chi connectivity index (χ0v) is 8.76. The Kier molecular flexibility index (Phi) is 2.74. The summed E-state index contributed by atoms with van der Waals surface area (Å²) in [6, 6.07) is 0. The molecule has 0 aromatic heterocycles. The van der Waals surface area contributed by atoms with E-state index >= 15 is 0 Å². The molecule has 1 heteroatoms. The first-order chi connectivity index (χ1) is 6.01. The highest BCUT2D eigenvalue weighted by Crippen LogP contribution is 2.41. The molecule has 0 radical (unpaired) electrons. The molecule has 1 aliphatic carbocycles. The van der Waals surface area contributed by atoms with Crippen LogP contribution in [0.1, 0.15) is 33.6 Å². The van der Waals surface area contributed by atoms with E-state index in [1.165, 1.54) is 5.57 Å². The van der Waals surface area contributed by atoms with Gasteiger partial charge in [-0.15, -0.1) is 0 Å². The standard InChI is InChI=1S/C12H18O/c1-5-11-6-10(8-13)9(2)7-12(11,3)4/h6,8,10H,2,5,7H2,1,3-4H3. The van der Waals surface area contributed by atoms with Gasteiger partial charge in [0.05, 0.1) is 5.92 Å². The fraction of sp³-hybridized carbons (Fsp3) is 0.583. The van der Waals surface area contributed by atoms with Gasteiger partial charge in [0.15, 0.2) is 0 Å². The quantitative estimate of drug-likeness (QED) is 0.469. The summed E-state index contributed by atoms with van der Waals surface area (Å²) in [5.41, 5.74) is 2.64. The van der Waals surface area contributed by atoms with Crippen LogP contribution in [-0.2, 0) is 4.79 Å². The van der Waals surface area contributed by atoms with Crippen molar-refractivity contribution >= 4 is 6.29 Å². The van der Waals surface area contributed by atoms with E-state index < -0.39 is 0 Å². The molecule has 1 aliphatic rings. The summed E-state index contributed by atoms with van der Waals surface area (Å²) in [4.78, 5) is 10.7. The third-order valence-corrected chi connectivity index (χ3v) is 2.92. The molecule has 0 saturated carbocycles. The van der Waals surface area contributed by atoms with Crippen LogP contribution >= 0.6 is 0 Å². The van der Waals surface area contributed by atoms with Crippen LogP contribution in [0.3, 0.4) is 0 Å². The van der Waals surface area contributed by atoms with E-state index in [-0.39, 0.29) is 11.3 Å². The van der Waals surface area contributed by atoms with E-state index in [1.54, 1.807) is 0 Å². The summed E-state index contributed by atoms with van der Waals surface area (Å²) in [5.74, 6) is -0.0389. The van der Waals surface area contributed by atoms with Crippen LogP contribution in [0.25, 0.3) is 0 Å². The first-order valence-corrected chi connectivity index (χ1v) is 4.85. The first kappa shape index (κ1) is 10.2. The third kappa shape index (κ3) is 1.90. The van der Waals surface area contributed by atoms with Crippen LogP contribution in [-0.4, -0.2) is 6.29 Å². The Morgan fingerprint density at radius 3 is 2.77 bits per heavy atom. The van der Waals surface area contributed by atoms with E-state index in [2.05, 4.69) is 33.4 Å². The number of aldehydes is 1. The predicted octanol–water partition coefficient (Wildman–Crippen LogP) is 3.12. The molecule has 1 unspecified atom stereocenters. The van der Waals surface area contributed by atoms with Crippen LogP contribution in [0, 0.1) is 11.3 Å². The van der Waals surface area contributed by atoms with Crippen LogP contribution in [0.4, 0.5) is 0 Å². The fourth-order valence-corrected chi connectivity index (χ4v) is 2.09. The van der Waals surface area contributed by atoms with Crippen LogP contribution in [0.15, 0.2) is 23.8 Å². The highest BCUT2D eigenvalue weighted by molar-refractivity contribution is 5.63. The lowest BCUT2D eigenvalue weighted by molar-refractivity contribution is -0.109. The maximum Gasteiger partial charge on any atom is 0.130 e. The van der Waals surface area contributed by atoms with Gasteiger partial charge >= 0.3 is 0 Å². The Morgan fingerprint density at radius 2 is 2.31 bits per heavy atom. The number of carbonyl (C=O) groups is 1. The Hall–Kier alpha value is -0.850. The molecule has 0 aromatic carbocycles. The lowest BCUT2D eigenvalue weighted by Gasteiger charge is -2.34. The van der Waals surface area contributed by atoms with Crippen molar-refractivity contribution in [3.8, 4) is 0 Å². The highest BCUT2D eigenvalue weighted by atomic mass is 16.1. The first-order valence-electron chi connectivity index (χ1n) is 4.85. The molecule has 1 rings (SSSR count). The lowest BCUT2D eigenvalue weighted by Crippen LogP contribution is -2.24. The summed E-state index contributed by atoms with van der Waals surface area (Å²) in [5, 5.41) is 0. The second-order valence-electron chi connectivity index (χ2n) is 4.43. The van der Waals surface area contributed by atoms with Gasteiger partial charge in [0.1, 0.15) is 6.29 Å². The average molecular weight is 178 g/mol. The van der Waals surface area contributed by atoms with Crippen molar-refractivity contribution in [3.63, 3.8) is 0 Å². The number of rotatable bonds is 2. The molecule has 0 N–H and O–H groups in total. The van der Waals surface area contributed by atoms with Gasteiger partial charge in [-0.25, -0.2) is 0 Å². The molecule has 1 nitrogen and oxygen atoms in total. The molecule has 0 heterocycles. The van der Waals surface area contributed by atoms with Gasteiger partial charge in [0, 0.05) is 0 Å². The maximum atomic E-state index is 10.7. The van der Waals surface area contributed by atoms with Crippen LogP contribution < -0.4 is 0 Å². The predicted molar refractivity (Wildman–Crippen MR) is 55.5 cm³/mol. The summed E-state index contributed by atoms with van der Waals surface area (Å²) in [6.07, 6.45) is 5.05. The molecule has 0 bridgehead atoms. The largest absolute Gasteiger partial charge is 0.302 e. The monoisotopic (exact) mass is 178 g/mol. The number of hydrogen-bond acceptors (Lipinski definition) is 1. The van der Waals surface area contributed by atoms with Gasteiger partial charge in [-0.2, -0.15) is 0 Å². The van der Waals surface area contributed by atoms with E-state index in [0.29, 0.717) is 0 Å². The molecule has 0 aromatic rings. The topological polar surface area (TPSA) is 17.1 Å². The van der Waals surface area contributed by atoms with Crippen molar-refractivity contribution in [2.75, 3.05) is 0 Å². The molecule has 0 spiro atoms. The van der Waals surface area contributed by atoms with Gasteiger partial charge in [0.25, 0.3) is 0 Å². The van der Waals surface area contributed by atoms with Gasteiger partial charge in [-0.05, 0) is 18.3 Å². The molecule has 0 aliphatic heterocycles. The molecule has 1 atom stereocenters. The van der Waals surface area contributed by atoms with Crippen molar-refractivity contribution in [2.24, 2.45) is 11.3 Å². The van der Waals surface area contributed by atoms with Gasteiger partial charge in [-0.1, -0.05) is 44.6 Å². The fourth-order valence-electron chi connectivity index (χ4n) is 2.09. The van der Waals surface area contributed by atoms with Crippen molar-refractivity contribution < 1.29 is 4.79 Å². The summed E-state index contributed by atoms with van der Waals surface area (Å²) in [6.45, 7) is 10.5. The zero-order chi connectivity index (χ0) is 10.1. The second-order valence-corrected chi connectivity index (χ2v) is 4.43. The minimum absolute atomic E-state index is 0.0389. The van der Waals surface area contributed by atoms with E-state index in [1.807, 2.05) is 0 Å². The molecule has 0 amide bonds. The maximum absolute atomic E-state index is 10.7. The smallest absolute Gasteiger partial charge is 0.130 e. The number of carbonyl (C=O) groups excluding carboxylic acids is 1. The molecular weight excluding hydrogens is 160 g/mol. The van der Waals surface area contributed by atoms with Crippen molar-refractivity contribution in [3.05, 3.63) is 23.8 Å². The van der Waals surface area contributed by atoms with Crippen LogP contribution in [0.5, 0.6) is 0 Å². The summed E-state index contributed by atoms with van der Waals surface area (Å²) in [7, 11) is 0. The minimum atomic E-state index is -0.0389. The third-order valence-electron chi connectivity index (χ3n) is 2.92. The number of hydrogen-bond donors (Lipinski definition) is 0. The molecular formula is C12H18O. The molecule has 13 heavy (non-hydrogen) atoms. The van der Waals surface area contributed by atoms with Crippen molar-refractivity contribution in [2.45, 2.75) is 33.6 Å². The normalized spacial score (nSPS) is 26.8. The highest BCUT2D eigenvalue weighted by Gasteiger charge is 2.30. The molecule has 0 saturated heterocycles. The van der Waals surface area contributed by atoms with Crippen molar-refractivity contribution in [1.29, 1.82) is 0 Å². The van der Waals surface area contributed by atoms with Crippen LogP contribution in [0.2, 0.25) is 0 Å². The lowest BCUT2D eigenvalue weighted by atomic mass is 9.70.